The molecule has 0 heterocycles. The highest BCUT2D eigenvalue weighted by molar-refractivity contribution is 7.48. The molecule has 0 saturated carbocycles. The fraction of sp³-hybridized carbons (Fsp3) is 1.00. The van der Waals surface area contributed by atoms with Crippen LogP contribution in [0.25, 0.3) is 0 Å². The lowest BCUT2D eigenvalue weighted by molar-refractivity contribution is 0.0748. The Morgan fingerprint density at radius 3 is 1.13 bits per heavy atom. The van der Waals surface area contributed by atoms with Gasteiger partial charge >= 0.3 is 7.82 Å². The van der Waals surface area contributed by atoms with Crippen molar-refractivity contribution in [2.75, 3.05) is 59.5 Å². The lowest BCUT2D eigenvalue weighted by Crippen LogP contribution is -2.08. The van der Waals surface area contributed by atoms with Crippen LogP contribution in [0.5, 0.6) is 0 Å². The summed E-state index contributed by atoms with van der Waals surface area (Å²) in [5, 5.41) is 0. The number of phosphoric acid groups is 1. The van der Waals surface area contributed by atoms with Crippen molar-refractivity contribution in [3.8, 4) is 0 Å². The fourth-order valence-electron chi connectivity index (χ4n) is 1.56. The maximum atomic E-state index is 12.5. The Labute approximate surface area is 140 Å². The van der Waals surface area contributed by atoms with Gasteiger partial charge in [-0.25, -0.2) is 4.57 Å². The van der Waals surface area contributed by atoms with Crippen LogP contribution >= 0.6 is 7.82 Å². The van der Waals surface area contributed by atoms with E-state index in [1.807, 2.05) is 20.8 Å². The van der Waals surface area contributed by atoms with Gasteiger partial charge in [-0.3, -0.25) is 13.6 Å². The third-order valence-electron chi connectivity index (χ3n) is 2.66. The van der Waals surface area contributed by atoms with Gasteiger partial charge < -0.3 is 14.2 Å². The van der Waals surface area contributed by atoms with Crippen LogP contribution in [-0.4, -0.2) is 59.5 Å². The van der Waals surface area contributed by atoms with Crippen LogP contribution in [-0.2, 0) is 32.3 Å². The first kappa shape index (κ1) is 23.0. The topological polar surface area (TPSA) is 72.5 Å². The molecule has 0 radical (unpaired) electrons. The molecular formula is C15H33O7P. The summed E-state index contributed by atoms with van der Waals surface area (Å²) in [5.41, 5.74) is 0. The predicted octanol–water partition coefficient (Wildman–Crippen LogP) is 3.42. The summed E-state index contributed by atoms with van der Waals surface area (Å²) in [6.45, 7) is 10.2. The van der Waals surface area contributed by atoms with Gasteiger partial charge in [0.25, 0.3) is 0 Å². The molecule has 0 aromatic heterocycles. The number of hydrogen-bond acceptors (Lipinski definition) is 7. The Balaban J connectivity index is 4.03. The van der Waals surface area contributed by atoms with E-state index in [1.54, 1.807) is 0 Å². The molecule has 23 heavy (non-hydrogen) atoms. The second kappa shape index (κ2) is 16.8. The molecule has 0 amide bonds. The maximum absolute atomic E-state index is 12.5. The van der Waals surface area contributed by atoms with Crippen LogP contribution in [0.2, 0.25) is 0 Å². The zero-order valence-corrected chi connectivity index (χ0v) is 15.7. The van der Waals surface area contributed by atoms with Crippen molar-refractivity contribution in [1.29, 1.82) is 0 Å². The van der Waals surface area contributed by atoms with Gasteiger partial charge in [0.05, 0.1) is 19.8 Å². The van der Waals surface area contributed by atoms with E-state index in [1.165, 1.54) is 0 Å². The molecule has 0 bridgehead atoms. The highest BCUT2D eigenvalue weighted by atomic mass is 31.2. The minimum Gasteiger partial charge on any atom is -0.382 e. The zero-order valence-electron chi connectivity index (χ0n) is 14.8. The predicted molar refractivity (Wildman–Crippen MR) is 88.8 cm³/mol. The quantitative estimate of drug-likeness (QED) is 0.275. The van der Waals surface area contributed by atoms with E-state index in [4.69, 9.17) is 27.8 Å². The van der Waals surface area contributed by atoms with E-state index in [-0.39, 0.29) is 19.8 Å². The third-order valence-corrected chi connectivity index (χ3v) is 4.16. The van der Waals surface area contributed by atoms with Gasteiger partial charge in [0, 0.05) is 39.6 Å². The monoisotopic (exact) mass is 356 g/mol. The molecule has 0 spiro atoms. The van der Waals surface area contributed by atoms with Gasteiger partial charge in [0.1, 0.15) is 0 Å². The summed E-state index contributed by atoms with van der Waals surface area (Å²) in [4.78, 5) is 0. The lowest BCUT2D eigenvalue weighted by atomic mass is 10.5. The van der Waals surface area contributed by atoms with Crippen LogP contribution < -0.4 is 0 Å². The molecule has 140 valence electrons. The van der Waals surface area contributed by atoms with Gasteiger partial charge in [0.2, 0.25) is 0 Å². The average Bonchev–Trinajstić information content (AvgIpc) is 2.54. The van der Waals surface area contributed by atoms with Crippen LogP contribution in [0, 0.1) is 0 Å². The van der Waals surface area contributed by atoms with Crippen molar-refractivity contribution in [3.05, 3.63) is 0 Å². The minimum absolute atomic E-state index is 0.272. The molecule has 0 N–H and O–H groups in total. The third kappa shape index (κ3) is 15.3. The first-order valence-electron chi connectivity index (χ1n) is 8.45. The molecule has 0 atom stereocenters. The Morgan fingerprint density at radius 2 is 0.870 bits per heavy atom. The largest absolute Gasteiger partial charge is 0.474 e. The Bertz CT molecular complexity index is 246. The lowest BCUT2D eigenvalue weighted by Gasteiger charge is -2.18. The number of phosphoric ester groups is 1. The zero-order chi connectivity index (χ0) is 17.2. The summed E-state index contributed by atoms with van der Waals surface area (Å²) < 4.78 is 44.2. The van der Waals surface area contributed by atoms with Crippen molar-refractivity contribution >= 4 is 7.82 Å². The molecule has 7 nitrogen and oxygen atoms in total. The fourth-order valence-corrected chi connectivity index (χ4v) is 2.84. The molecule has 0 rings (SSSR count). The van der Waals surface area contributed by atoms with Gasteiger partial charge in [-0.2, -0.15) is 0 Å². The van der Waals surface area contributed by atoms with Crippen molar-refractivity contribution in [3.63, 3.8) is 0 Å². The Hall–Kier alpha value is -0.0100. The first-order chi connectivity index (χ1) is 11.2. The van der Waals surface area contributed by atoms with Crippen LogP contribution in [0.3, 0.4) is 0 Å². The molecule has 0 unspecified atom stereocenters. The van der Waals surface area contributed by atoms with Crippen molar-refractivity contribution in [1.82, 2.24) is 0 Å². The smallest absolute Gasteiger partial charge is 0.382 e. The Morgan fingerprint density at radius 1 is 0.565 bits per heavy atom. The second-order valence-electron chi connectivity index (χ2n) is 4.60. The van der Waals surface area contributed by atoms with Crippen molar-refractivity contribution < 1.29 is 32.3 Å². The highest BCUT2D eigenvalue weighted by Gasteiger charge is 2.26. The van der Waals surface area contributed by atoms with Crippen LogP contribution in [0.4, 0.5) is 0 Å². The van der Waals surface area contributed by atoms with E-state index < -0.39 is 7.82 Å². The average molecular weight is 356 g/mol. The van der Waals surface area contributed by atoms with E-state index in [9.17, 15) is 4.57 Å². The second-order valence-corrected chi connectivity index (χ2v) is 6.27. The Kier molecular flexibility index (Phi) is 16.8. The van der Waals surface area contributed by atoms with Crippen molar-refractivity contribution in [2.45, 2.75) is 40.0 Å². The number of hydrogen-bond donors (Lipinski definition) is 0. The van der Waals surface area contributed by atoms with Crippen LogP contribution in [0.15, 0.2) is 0 Å². The summed E-state index contributed by atoms with van der Waals surface area (Å²) in [5.74, 6) is 0. The molecule has 8 heteroatoms. The normalized spacial score (nSPS) is 12.0. The number of rotatable bonds is 18. The summed E-state index contributed by atoms with van der Waals surface area (Å²) in [7, 11) is -3.53. The van der Waals surface area contributed by atoms with Crippen LogP contribution in [0.1, 0.15) is 40.0 Å². The molecule has 0 aromatic rings. The highest BCUT2D eigenvalue weighted by Crippen LogP contribution is 2.49. The SMILES string of the molecule is CCOCCCOP(=O)(OCCCOCC)OCCCOCC. The maximum Gasteiger partial charge on any atom is 0.474 e. The standard InChI is InChI=1S/C15H33O7P/c1-4-17-10-7-13-20-23(16,21-14-8-11-18-5-2)22-15-9-12-19-6-3/h4-15H2,1-3H3. The van der Waals surface area contributed by atoms with E-state index in [0.29, 0.717) is 58.9 Å². The summed E-state index contributed by atoms with van der Waals surface area (Å²) in [6.07, 6.45) is 1.92. The molecule has 0 aliphatic carbocycles. The molecule has 0 aromatic carbocycles. The van der Waals surface area contributed by atoms with Gasteiger partial charge in [-0.05, 0) is 40.0 Å². The van der Waals surface area contributed by atoms with E-state index >= 15 is 0 Å². The first-order valence-corrected chi connectivity index (χ1v) is 9.91. The molecule has 0 saturated heterocycles. The van der Waals surface area contributed by atoms with Gasteiger partial charge in [0.15, 0.2) is 0 Å². The molecule has 0 aliphatic heterocycles. The molecule has 0 fully saturated rings. The summed E-state index contributed by atoms with van der Waals surface area (Å²) >= 11 is 0. The van der Waals surface area contributed by atoms with E-state index in [2.05, 4.69) is 0 Å². The number of ether oxygens (including phenoxy) is 3. The summed E-state index contributed by atoms with van der Waals surface area (Å²) in [6, 6.07) is 0. The van der Waals surface area contributed by atoms with E-state index in [0.717, 1.165) is 0 Å². The van der Waals surface area contributed by atoms with Gasteiger partial charge in [-0.15, -0.1) is 0 Å². The van der Waals surface area contributed by atoms with Crippen molar-refractivity contribution in [2.24, 2.45) is 0 Å². The minimum atomic E-state index is -3.53. The molecule has 0 aliphatic rings. The molecular weight excluding hydrogens is 323 g/mol. The van der Waals surface area contributed by atoms with Gasteiger partial charge in [-0.1, -0.05) is 0 Å².